The zero-order valence-electron chi connectivity index (χ0n) is 14.5. The van der Waals surface area contributed by atoms with Crippen LogP contribution < -0.4 is 10.1 Å². The van der Waals surface area contributed by atoms with Gasteiger partial charge in [-0.15, -0.1) is 0 Å². The van der Waals surface area contributed by atoms with E-state index in [-0.39, 0.29) is 0 Å². The summed E-state index contributed by atoms with van der Waals surface area (Å²) in [6, 6.07) is 8.71. The van der Waals surface area contributed by atoms with Crippen molar-refractivity contribution in [1.82, 2.24) is 20.4 Å². The summed E-state index contributed by atoms with van der Waals surface area (Å²) < 4.78 is 10.8. The molecule has 0 amide bonds. The molecular formula is C18H26N4O2. The third-order valence-corrected chi connectivity index (χ3v) is 4.29. The minimum absolute atomic E-state index is 0.474. The molecule has 1 N–H and O–H groups in total. The van der Waals surface area contributed by atoms with Gasteiger partial charge >= 0.3 is 0 Å². The van der Waals surface area contributed by atoms with Crippen LogP contribution in [0.5, 0.6) is 5.75 Å². The molecule has 1 aliphatic heterocycles. The number of rotatable bonds is 7. The molecule has 0 unspecified atom stereocenters. The molecule has 0 aliphatic carbocycles. The number of ether oxygens (including phenoxy) is 1. The maximum atomic E-state index is 5.70. The third-order valence-electron chi connectivity index (χ3n) is 4.29. The van der Waals surface area contributed by atoms with Crippen LogP contribution in [0.15, 0.2) is 28.8 Å². The number of nitrogens with one attached hydrogen (secondary N) is 1. The highest BCUT2D eigenvalue weighted by Gasteiger charge is 2.21. The van der Waals surface area contributed by atoms with Crippen molar-refractivity contribution in [2.75, 3.05) is 19.7 Å². The number of benzene rings is 1. The number of piperidine rings is 1. The zero-order chi connectivity index (χ0) is 16.8. The molecule has 1 aliphatic rings. The molecule has 1 fully saturated rings. The van der Waals surface area contributed by atoms with Gasteiger partial charge in [0.05, 0.1) is 13.2 Å². The summed E-state index contributed by atoms with van der Waals surface area (Å²) in [7, 11) is 0. The van der Waals surface area contributed by atoms with Crippen LogP contribution in [0.1, 0.15) is 37.0 Å². The van der Waals surface area contributed by atoms with Gasteiger partial charge in [0, 0.05) is 31.6 Å². The smallest absolute Gasteiger partial charge is 0.223 e. The van der Waals surface area contributed by atoms with Gasteiger partial charge < -0.3 is 14.6 Å². The monoisotopic (exact) mass is 330 g/mol. The molecular weight excluding hydrogens is 304 g/mol. The Morgan fingerprint density at radius 2 is 2.25 bits per heavy atom. The highest BCUT2D eigenvalue weighted by atomic mass is 16.5. The Morgan fingerprint density at radius 1 is 1.38 bits per heavy atom. The number of aryl methyl sites for hydroxylation is 1. The summed E-state index contributed by atoms with van der Waals surface area (Å²) in [6.07, 6.45) is 2.38. The van der Waals surface area contributed by atoms with Crippen LogP contribution in [0, 0.1) is 6.92 Å². The SMILES string of the molecule is CCOc1ccccc1CN[C@H]1CCCN(Cc2noc(C)n2)C1. The average molecular weight is 330 g/mol. The van der Waals surface area contributed by atoms with Crippen molar-refractivity contribution in [3.63, 3.8) is 0 Å². The zero-order valence-corrected chi connectivity index (χ0v) is 14.5. The predicted molar refractivity (Wildman–Crippen MR) is 91.8 cm³/mol. The van der Waals surface area contributed by atoms with Gasteiger partial charge in [-0.3, -0.25) is 4.90 Å². The molecule has 1 atom stereocenters. The molecule has 6 heteroatoms. The molecule has 0 radical (unpaired) electrons. The molecule has 0 spiro atoms. The van der Waals surface area contributed by atoms with E-state index >= 15 is 0 Å². The van der Waals surface area contributed by atoms with Gasteiger partial charge in [-0.05, 0) is 32.4 Å². The second kappa shape index (κ2) is 8.26. The van der Waals surface area contributed by atoms with Gasteiger partial charge in [0.15, 0.2) is 5.82 Å². The van der Waals surface area contributed by atoms with Crippen molar-refractivity contribution in [2.24, 2.45) is 0 Å². The lowest BCUT2D eigenvalue weighted by Crippen LogP contribution is -2.45. The molecule has 1 saturated heterocycles. The van der Waals surface area contributed by atoms with E-state index in [4.69, 9.17) is 9.26 Å². The Bertz CT molecular complexity index is 643. The van der Waals surface area contributed by atoms with Crippen molar-refractivity contribution in [2.45, 2.75) is 45.8 Å². The topological polar surface area (TPSA) is 63.4 Å². The fraction of sp³-hybridized carbons (Fsp3) is 0.556. The minimum Gasteiger partial charge on any atom is -0.494 e. The molecule has 2 aromatic rings. The first-order valence-corrected chi connectivity index (χ1v) is 8.70. The Balaban J connectivity index is 1.52. The van der Waals surface area contributed by atoms with Gasteiger partial charge in [-0.25, -0.2) is 0 Å². The first kappa shape index (κ1) is 16.9. The van der Waals surface area contributed by atoms with E-state index in [1.165, 1.54) is 18.4 Å². The molecule has 24 heavy (non-hydrogen) atoms. The van der Waals surface area contributed by atoms with E-state index in [0.29, 0.717) is 18.5 Å². The van der Waals surface area contributed by atoms with E-state index in [1.54, 1.807) is 0 Å². The summed E-state index contributed by atoms with van der Waals surface area (Å²) >= 11 is 0. The van der Waals surface area contributed by atoms with Crippen LogP contribution in [0.3, 0.4) is 0 Å². The van der Waals surface area contributed by atoms with E-state index < -0.39 is 0 Å². The number of hydrogen-bond donors (Lipinski definition) is 1. The molecule has 2 heterocycles. The fourth-order valence-electron chi connectivity index (χ4n) is 3.17. The van der Waals surface area contributed by atoms with Crippen molar-refractivity contribution in [3.05, 3.63) is 41.5 Å². The molecule has 3 rings (SSSR count). The molecule has 130 valence electrons. The van der Waals surface area contributed by atoms with Gasteiger partial charge in [0.2, 0.25) is 5.89 Å². The summed E-state index contributed by atoms with van der Waals surface area (Å²) in [5, 5.41) is 7.67. The Kier molecular flexibility index (Phi) is 5.82. The van der Waals surface area contributed by atoms with Crippen molar-refractivity contribution < 1.29 is 9.26 Å². The van der Waals surface area contributed by atoms with Crippen molar-refractivity contribution in [1.29, 1.82) is 0 Å². The Morgan fingerprint density at radius 3 is 3.04 bits per heavy atom. The summed E-state index contributed by atoms with van der Waals surface area (Å²) in [6.45, 7) is 8.21. The number of aromatic nitrogens is 2. The van der Waals surface area contributed by atoms with Crippen LogP contribution in [0.4, 0.5) is 0 Å². The third kappa shape index (κ3) is 4.55. The quantitative estimate of drug-likeness (QED) is 0.842. The van der Waals surface area contributed by atoms with Gasteiger partial charge in [-0.2, -0.15) is 4.98 Å². The molecule has 0 saturated carbocycles. The van der Waals surface area contributed by atoms with E-state index in [2.05, 4.69) is 32.5 Å². The minimum atomic E-state index is 0.474. The van der Waals surface area contributed by atoms with E-state index in [0.717, 1.165) is 37.8 Å². The van der Waals surface area contributed by atoms with Gasteiger partial charge in [0.25, 0.3) is 0 Å². The maximum absolute atomic E-state index is 5.70. The molecule has 6 nitrogen and oxygen atoms in total. The first-order chi connectivity index (χ1) is 11.7. The largest absolute Gasteiger partial charge is 0.494 e. The van der Waals surface area contributed by atoms with Crippen LogP contribution >= 0.6 is 0 Å². The van der Waals surface area contributed by atoms with Crippen LogP contribution in [0.25, 0.3) is 0 Å². The molecule has 1 aromatic carbocycles. The number of hydrogen-bond acceptors (Lipinski definition) is 6. The lowest BCUT2D eigenvalue weighted by molar-refractivity contribution is 0.177. The van der Waals surface area contributed by atoms with Crippen LogP contribution in [-0.2, 0) is 13.1 Å². The van der Waals surface area contributed by atoms with Crippen molar-refractivity contribution in [3.8, 4) is 5.75 Å². The summed E-state index contributed by atoms with van der Waals surface area (Å²) in [5.41, 5.74) is 1.21. The lowest BCUT2D eigenvalue weighted by Gasteiger charge is -2.32. The second-order valence-corrected chi connectivity index (χ2v) is 6.23. The fourth-order valence-corrected chi connectivity index (χ4v) is 3.17. The van der Waals surface area contributed by atoms with Crippen LogP contribution in [0.2, 0.25) is 0 Å². The first-order valence-electron chi connectivity index (χ1n) is 8.70. The van der Waals surface area contributed by atoms with Crippen molar-refractivity contribution >= 4 is 0 Å². The molecule has 0 bridgehead atoms. The highest BCUT2D eigenvalue weighted by Crippen LogP contribution is 2.19. The van der Waals surface area contributed by atoms with E-state index in [1.807, 2.05) is 26.0 Å². The maximum Gasteiger partial charge on any atom is 0.223 e. The Hall–Kier alpha value is -1.92. The Labute approximate surface area is 143 Å². The number of likely N-dealkylation sites (tertiary alicyclic amines) is 1. The number of para-hydroxylation sites is 1. The lowest BCUT2D eigenvalue weighted by atomic mass is 10.0. The number of nitrogens with zero attached hydrogens (tertiary/aromatic N) is 3. The van der Waals surface area contributed by atoms with Gasteiger partial charge in [0.1, 0.15) is 5.75 Å². The summed E-state index contributed by atoms with van der Waals surface area (Å²) in [5.74, 6) is 2.38. The normalized spacial score (nSPS) is 18.7. The summed E-state index contributed by atoms with van der Waals surface area (Å²) in [4.78, 5) is 6.69. The predicted octanol–water partition coefficient (Wildman–Crippen LogP) is 2.53. The average Bonchev–Trinajstić information content (AvgIpc) is 3.00. The van der Waals surface area contributed by atoms with Gasteiger partial charge in [-0.1, -0.05) is 23.4 Å². The second-order valence-electron chi connectivity index (χ2n) is 6.23. The van der Waals surface area contributed by atoms with E-state index in [9.17, 15) is 0 Å². The standard InChI is InChI=1S/C18H26N4O2/c1-3-23-17-9-5-4-7-15(17)11-19-16-8-6-10-22(12-16)13-18-20-14(2)24-21-18/h4-5,7,9,16,19H,3,6,8,10-13H2,1-2H3/t16-/m0/s1. The van der Waals surface area contributed by atoms with Crippen LogP contribution in [-0.4, -0.2) is 40.8 Å². The molecule has 1 aromatic heterocycles. The highest BCUT2D eigenvalue weighted by molar-refractivity contribution is 5.33.